The summed E-state index contributed by atoms with van der Waals surface area (Å²) in [4.78, 5) is 16.6. The average Bonchev–Trinajstić information content (AvgIpc) is 3.03. The van der Waals surface area contributed by atoms with E-state index in [2.05, 4.69) is 36.3 Å². The molecule has 24 heavy (non-hydrogen) atoms. The quantitative estimate of drug-likeness (QED) is 0.888. The third kappa shape index (κ3) is 3.75. The molecule has 4 heteroatoms. The highest BCUT2D eigenvalue weighted by Crippen LogP contribution is 2.26. The predicted octanol–water partition coefficient (Wildman–Crippen LogP) is 3.12. The SMILES string of the molecule is CC(C)[C@H](C(=O)NCCc1ccc2c(c1)CCO2)c1ccncc1. The Bertz CT molecular complexity index is 698. The van der Waals surface area contributed by atoms with Crippen LogP contribution < -0.4 is 10.1 Å². The predicted molar refractivity (Wildman–Crippen MR) is 94.2 cm³/mol. The van der Waals surface area contributed by atoms with Gasteiger partial charge in [-0.2, -0.15) is 0 Å². The average molecular weight is 324 g/mol. The summed E-state index contributed by atoms with van der Waals surface area (Å²) in [5.41, 5.74) is 3.53. The number of fused-ring (bicyclic) bond motifs is 1. The van der Waals surface area contributed by atoms with Gasteiger partial charge in [0.05, 0.1) is 12.5 Å². The van der Waals surface area contributed by atoms with E-state index >= 15 is 0 Å². The number of pyridine rings is 1. The Morgan fingerprint density at radius 1 is 1.25 bits per heavy atom. The Morgan fingerprint density at radius 3 is 2.79 bits per heavy atom. The highest BCUT2D eigenvalue weighted by Gasteiger charge is 2.23. The Balaban J connectivity index is 1.58. The molecule has 0 aliphatic carbocycles. The Morgan fingerprint density at radius 2 is 2.04 bits per heavy atom. The van der Waals surface area contributed by atoms with E-state index in [0.29, 0.717) is 6.54 Å². The molecule has 0 bridgehead atoms. The highest BCUT2D eigenvalue weighted by atomic mass is 16.5. The second-order valence-corrected chi connectivity index (χ2v) is 6.58. The van der Waals surface area contributed by atoms with Crippen LogP contribution in [0, 0.1) is 5.92 Å². The van der Waals surface area contributed by atoms with E-state index in [9.17, 15) is 4.79 Å². The molecule has 0 fully saturated rings. The molecule has 0 spiro atoms. The molecule has 1 aromatic carbocycles. The molecule has 1 amide bonds. The number of hydrogen-bond donors (Lipinski definition) is 1. The third-order valence-electron chi connectivity index (χ3n) is 4.48. The zero-order valence-electron chi connectivity index (χ0n) is 14.3. The summed E-state index contributed by atoms with van der Waals surface area (Å²) >= 11 is 0. The summed E-state index contributed by atoms with van der Waals surface area (Å²) in [5.74, 6) is 1.19. The maximum Gasteiger partial charge on any atom is 0.227 e. The van der Waals surface area contributed by atoms with E-state index in [1.807, 2.05) is 18.2 Å². The van der Waals surface area contributed by atoms with Crippen LogP contribution >= 0.6 is 0 Å². The second-order valence-electron chi connectivity index (χ2n) is 6.58. The monoisotopic (exact) mass is 324 g/mol. The van der Waals surface area contributed by atoms with Gasteiger partial charge in [-0.1, -0.05) is 26.0 Å². The van der Waals surface area contributed by atoms with Crippen molar-refractivity contribution in [1.82, 2.24) is 10.3 Å². The standard InChI is InChI=1S/C20H24N2O2/c1-14(2)19(16-6-9-21-10-7-16)20(23)22-11-5-15-3-4-18-17(13-15)8-12-24-18/h3-4,6-7,9-10,13-14,19H,5,8,11-12H2,1-2H3,(H,22,23)/t19-/m0/s1. The minimum Gasteiger partial charge on any atom is -0.493 e. The lowest BCUT2D eigenvalue weighted by Gasteiger charge is -2.20. The number of ether oxygens (including phenoxy) is 1. The Labute approximate surface area is 143 Å². The van der Waals surface area contributed by atoms with Crippen LogP contribution in [0.5, 0.6) is 5.75 Å². The molecule has 126 valence electrons. The number of rotatable bonds is 6. The van der Waals surface area contributed by atoms with Crippen molar-refractivity contribution in [3.8, 4) is 5.75 Å². The molecular weight excluding hydrogens is 300 g/mol. The molecule has 0 saturated heterocycles. The number of hydrogen-bond acceptors (Lipinski definition) is 3. The molecule has 0 saturated carbocycles. The van der Waals surface area contributed by atoms with E-state index in [1.54, 1.807) is 12.4 Å². The van der Waals surface area contributed by atoms with Crippen molar-refractivity contribution in [2.24, 2.45) is 5.92 Å². The first-order valence-electron chi connectivity index (χ1n) is 8.57. The Kier molecular flexibility index (Phi) is 5.14. The number of benzene rings is 1. The third-order valence-corrected chi connectivity index (χ3v) is 4.48. The molecular formula is C20H24N2O2. The van der Waals surface area contributed by atoms with Crippen molar-refractivity contribution in [3.05, 3.63) is 59.4 Å². The fourth-order valence-corrected chi connectivity index (χ4v) is 3.25. The maximum absolute atomic E-state index is 12.6. The summed E-state index contributed by atoms with van der Waals surface area (Å²) in [6.07, 6.45) is 5.29. The zero-order valence-corrected chi connectivity index (χ0v) is 14.3. The van der Waals surface area contributed by atoms with Crippen LogP contribution in [0.4, 0.5) is 0 Å². The highest BCUT2D eigenvalue weighted by molar-refractivity contribution is 5.83. The number of carbonyl (C=O) groups is 1. The van der Waals surface area contributed by atoms with Crippen LogP contribution in [-0.4, -0.2) is 24.0 Å². The Hall–Kier alpha value is -2.36. The minimum absolute atomic E-state index is 0.0840. The van der Waals surface area contributed by atoms with Gasteiger partial charge in [0, 0.05) is 25.4 Å². The van der Waals surface area contributed by atoms with Crippen LogP contribution in [0.3, 0.4) is 0 Å². The molecule has 1 aromatic heterocycles. The molecule has 1 N–H and O–H groups in total. The van der Waals surface area contributed by atoms with E-state index in [-0.39, 0.29) is 17.7 Å². The van der Waals surface area contributed by atoms with Crippen LogP contribution in [0.15, 0.2) is 42.7 Å². The summed E-state index contributed by atoms with van der Waals surface area (Å²) in [5, 5.41) is 3.09. The van der Waals surface area contributed by atoms with Crippen LogP contribution in [0.25, 0.3) is 0 Å². The summed E-state index contributed by atoms with van der Waals surface area (Å²) in [7, 11) is 0. The van der Waals surface area contributed by atoms with Crippen molar-refractivity contribution < 1.29 is 9.53 Å². The molecule has 1 atom stereocenters. The fourth-order valence-electron chi connectivity index (χ4n) is 3.25. The number of carbonyl (C=O) groups excluding carboxylic acids is 1. The van der Waals surface area contributed by atoms with Crippen molar-refractivity contribution in [2.75, 3.05) is 13.2 Å². The van der Waals surface area contributed by atoms with E-state index in [1.165, 1.54) is 11.1 Å². The second kappa shape index (κ2) is 7.47. The first-order valence-corrected chi connectivity index (χ1v) is 8.57. The maximum atomic E-state index is 12.6. The van der Waals surface area contributed by atoms with Crippen molar-refractivity contribution >= 4 is 5.91 Å². The van der Waals surface area contributed by atoms with Gasteiger partial charge in [0.15, 0.2) is 0 Å². The van der Waals surface area contributed by atoms with Gasteiger partial charge in [-0.05, 0) is 47.2 Å². The van der Waals surface area contributed by atoms with Crippen molar-refractivity contribution in [3.63, 3.8) is 0 Å². The lowest BCUT2D eigenvalue weighted by Crippen LogP contribution is -2.33. The van der Waals surface area contributed by atoms with E-state index in [4.69, 9.17) is 4.74 Å². The van der Waals surface area contributed by atoms with Crippen LogP contribution in [0.2, 0.25) is 0 Å². The van der Waals surface area contributed by atoms with Gasteiger partial charge >= 0.3 is 0 Å². The minimum atomic E-state index is -0.138. The number of amides is 1. The van der Waals surface area contributed by atoms with Gasteiger partial charge in [-0.3, -0.25) is 9.78 Å². The molecule has 2 aromatic rings. The number of nitrogens with zero attached hydrogens (tertiary/aromatic N) is 1. The van der Waals surface area contributed by atoms with Gasteiger partial charge < -0.3 is 10.1 Å². The van der Waals surface area contributed by atoms with Gasteiger partial charge in [0.2, 0.25) is 5.91 Å². The van der Waals surface area contributed by atoms with Crippen molar-refractivity contribution in [1.29, 1.82) is 0 Å². The molecule has 3 rings (SSSR count). The lowest BCUT2D eigenvalue weighted by molar-refractivity contribution is -0.123. The molecule has 4 nitrogen and oxygen atoms in total. The summed E-state index contributed by atoms with van der Waals surface area (Å²) < 4.78 is 5.53. The lowest BCUT2D eigenvalue weighted by atomic mass is 9.88. The molecule has 1 aliphatic rings. The smallest absolute Gasteiger partial charge is 0.227 e. The molecule has 2 heterocycles. The van der Waals surface area contributed by atoms with Crippen molar-refractivity contribution in [2.45, 2.75) is 32.6 Å². The van der Waals surface area contributed by atoms with Gasteiger partial charge in [0.1, 0.15) is 5.75 Å². The summed E-state index contributed by atoms with van der Waals surface area (Å²) in [6.45, 7) is 5.57. The molecule has 1 aliphatic heterocycles. The fraction of sp³-hybridized carbons (Fsp3) is 0.400. The summed E-state index contributed by atoms with van der Waals surface area (Å²) in [6, 6.07) is 10.2. The van der Waals surface area contributed by atoms with E-state index < -0.39 is 0 Å². The normalized spacial score (nSPS) is 14.1. The number of aromatic nitrogens is 1. The van der Waals surface area contributed by atoms with Crippen LogP contribution in [0.1, 0.15) is 36.5 Å². The van der Waals surface area contributed by atoms with Gasteiger partial charge in [-0.25, -0.2) is 0 Å². The molecule has 0 radical (unpaired) electrons. The topological polar surface area (TPSA) is 51.2 Å². The first-order chi connectivity index (χ1) is 11.6. The molecule has 0 unspecified atom stereocenters. The van der Waals surface area contributed by atoms with E-state index in [0.717, 1.165) is 30.8 Å². The zero-order chi connectivity index (χ0) is 16.9. The largest absolute Gasteiger partial charge is 0.493 e. The van der Waals surface area contributed by atoms with Gasteiger partial charge in [-0.15, -0.1) is 0 Å². The van der Waals surface area contributed by atoms with Gasteiger partial charge in [0.25, 0.3) is 0 Å². The first kappa shape index (κ1) is 16.5. The number of nitrogens with one attached hydrogen (secondary N) is 1. The van der Waals surface area contributed by atoms with Crippen LogP contribution in [-0.2, 0) is 17.6 Å².